The lowest BCUT2D eigenvalue weighted by Gasteiger charge is -2.14. The molecule has 0 atom stereocenters. The van der Waals surface area contributed by atoms with E-state index in [4.69, 9.17) is 4.74 Å². The summed E-state index contributed by atoms with van der Waals surface area (Å²) in [5.74, 6) is 1.10. The fraction of sp³-hybridized carbons (Fsp3) is 0.259. The van der Waals surface area contributed by atoms with E-state index in [1.807, 2.05) is 56.3 Å². The zero-order valence-corrected chi connectivity index (χ0v) is 20.1. The fourth-order valence-electron chi connectivity index (χ4n) is 3.95. The van der Waals surface area contributed by atoms with E-state index in [0.717, 1.165) is 29.0 Å². The van der Waals surface area contributed by atoms with Gasteiger partial charge in [-0.2, -0.15) is 0 Å². The first kappa shape index (κ1) is 24.1. The number of aromatic nitrogens is 3. The number of phenolic OH excluding ortho intramolecular Hbond substituents is 2. The van der Waals surface area contributed by atoms with Crippen LogP contribution >= 0.6 is 0 Å². The van der Waals surface area contributed by atoms with Crippen LogP contribution in [0, 0.1) is 0 Å². The maximum absolute atomic E-state index is 10.4. The van der Waals surface area contributed by atoms with E-state index < -0.39 is 0 Å². The van der Waals surface area contributed by atoms with Gasteiger partial charge < -0.3 is 25.4 Å². The number of aromatic hydroxyl groups is 3. The lowest BCUT2D eigenvalue weighted by Crippen LogP contribution is -2.12. The molecule has 1 heterocycles. The summed E-state index contributed by atoms with van der Waals surface area (Å²) in [7, 11) is 1.66. The van der Waals surface area contributed by atoms with E-state index in [1.54, 1.807) is 13.2 Å². The second kappa shape index (κ2) is 10.5. The Morgan fingerprint density at radius 1 is 0.857 bits per heavy atom. The molecule has 0 fully saturated rings. The van der Waals surface area contributed by atoms with E-state index in [2.05, 4.69) is 21.6 Å². The van der Waals surface area contributed by atoms with Crippen molar-refractivity contribution in [2.24, 2.45) is 0 Å². The van der Waals surface area contributed by atoms with Crippen molar-refractivity contribution < 1.29 is 20.1 Å². The van der Waals surface area contributed by atoms with Gasteiger partial charge in [-0.05, 0) is 46.4 Å². The third-order valence-electron chi connectivity index (χ3n) is 5.90. The molecule has 0 aliphatic carbocycles. The Labute approximate surface area is 204 Å². The summed E-state index contributed by atoms with van der Waals surface area (Å²) in [4.78, 5) is 0. The van der Waals surface area contributed by atoms with Gasteiger partial charge in [-0.15, -0.1) is 5.10 Å². The SMILES string of the molecule is COc1cccc(CNCc2ccc(Cn3c(O)nnc3-c3cc(C(C)C)c(O)cc3O)cc2)c1. The van der Waals surface area contributed by atoms with Crippen molar-refractivity contribution in [1.29, 1.82) is 0 Å². The largest absolute Gasteiger partial charge is 0.508 e. The molecule has 4 N–H and O–H groups in total. The Kier molecular flexibility index (Phi) is 7.22. The molecule has 0 saturated heterocycles. The molecule has 4 aromatic rings. The van der Waals surface area contributed by atoms with Crippen LogP contribution in [0.1, 0.15) is 42.0 Å². The molecule has 8 heteroatoms. The normalized spacial score (nSPS) is 11.2. The van der Waals surface area contributed by atoms with E-state index in [1.165, 1.54) is 10.6 Å². The van der Waals surface area contributed by atoms with Gasteiger partial charge in [0.05, 0.1) is 19.2 Å². The Morgan fingerprint density at radius 3 is 2.29 bits per heavy atom. The van der Waals surface area contributed by atoms with Gasteiger partial charge in [0, 0.05) is 19.2 Å². The number of nitrogens with zero attached hydrogens (tertiary/aromatic N) is 3. The summed E-state index contributed by atoms with van der Waals surface area (Å²) >= 11 is 0. The zero-order chi connectivity index (χ0) is 24.9. The highest BCUT2D eigenvalue weighted by Crippen LogP contribution is 2.38. The van der Waals surface area contributed by atoms with Gasteiger partial charge in [-0.1, -0.05) is 55.3 Å². The van der Waals surface area contributed by atoms with Gasteiger partial charge in [-0.3, -0.25) is 4.57 Å². The first-order valence-corrected chi connectivity index (χ1v) is 11.5. The topological polar surface area (TPSA) is 113 Å². The number of phenols is 2. The number of hydrogen-bond acceptors (Lipinski definition) is 7. The molecule has 0 radical (unpaired) electrons. The van der Waals surface area contributed by atoms with Gasteiger partial charge in [0.1, 0.15) is 17.2 Å². The minimum Gasteiger partial charge on any atom is -0.508 e. The number of methoxy groups -OCH3 is 1. The van der Waals surface area contributed by atoms with Crippen molar-refractivity contribution >= 4 is 0 Å². The maximum atomic E-state index is 10.4. The summed E-state index contributed by atoms with van der Waals surface area (Å²) in [5, 5.41) is 42.2. The number of rotatable bonds is 9. The summed E-state index contributed by atoms with van der Waals surface area (Å²) in [6.07, 6.45) is 0. The van der Waals surface area contributed by atoms with Crippen molar-refractivity contribution in [2.45, 2.75) is 39.4 Å². The van der Waals surface area contributed by atoms with Crippen molar-refractivity contribution in [3.63, 3.8) is 0 Å². The van der Waals surface area contributed by atoms with E-state index in [-0.39, 0.29) is 23.4 Å². The molecule has 0 saturated carbocycles. The van der Waals surface area contributed by atoms with E-state index in [0.29, 0.717) is 30.0 Å². The standard InChI is InChI=1S/C27H30N4O4/c1-17(2)22-12-23(25(33)13-24(22)32)26-29-30-27(34)31(26)16-19-9-7-18(8-10-19)14-28-15-20-5-4-6-21(11-20)35-3/h4-13,17,28,32-33H,14-16H2,1-3H3,(H,30,34). The highest BCUT2D eigenvalue weighted by atomic mass is 16.5. The maximum Gasteiger partial charge on any atom is 0.315 e. The Morgan fingerprint density at radius 2 is 1.57 bits per heavy atom. The molecule has 1 aromatic heterocycles. The van der Waals surface area contributed by atoms with Crippen LogP contribution in [-0.4, -0.2) is 37.2 Å². The molecule has 0 bridgehead atoms. The second-order valence-electron chi connectivity index (χ2n) is 8.76. The van der Waals surface area contributed by atoms with Crippen LogP contribution in [-0.2, 0) is 19.6 Å². The van der Waals surface area contributed by atoms with Gasteiger partial charge in [0.2, 0.25) is 0 Å². The monoisotopic (exact) mass is 474 g/mol. The lowest BCUT2D eigenvalue weighted by atomic mass is 9.98. The Balaban J connectivity index is 1.46. The van der Waals surface area contributed by atoms with E-state index in [9.17, 15) is 15.3 Å². The Bertz CT molecular complexity index is 1300. The average Bonchev–Trinajstić information content (AvgIpc) is 3.20. The number of nitrogens with one attached hydrogen (secondary N) is 1. The van der Waals surface area contributed by atoms with Crippen LogP contribution in [0.3, 0.4) is 0 Å². The van der Waals surface area contributed by atoms with Crippen LogP contribution in [0.25, 0.3) is 11.4 Å². The molecule has 3 aromatic carbocycles. The molecule has 0 amide bonds. The molecular weight excluding hydrogens is 444 g/mol. The quantitative estimate of drug-likeness (QED) is 0.282. The molecule has 182 valence electrons. The van der Waals surface area contributed by atoms with Crippen LogP contribution in [0.2, 0.25) is 0 Å². The van der Waals surface area contributed by atoms with Crippen LogP contribution in [0.15, 0.2) is 60.7 Å². The second-order valence-corrected chi connectivity index (χ2v) is 8.76. The van der Waals surface area contributed by atoms with Crippen molar-refractivity contribution in [2.75, 3.05) is 7.11 Å². The van der Waals surface area contributed by atoms with Gasteiger partial charge in [-0.25, -0.2) is 0 Å². The number of benzene rings is 3. The summed E-state index contributed by atoms with van der Waals surface area (Å²) < 4.78 is 6.80. The molecule has 0 unspecified atom stereocenters. The summed E-state index contributed by atoms with van der Waals surface area (Å²) in [6, 6.07) is 18.7. The summed E-state index contributed by atoms with van der Waals surface area (Å²) in [6.45, 7) is 5.66. The zero-order valence-electron chi connectivity index (χ0n) is 20.1. The third-order valence-corrected chi connectivity index (χ3v) is 5.90. The number of hydrogen-bond donors (Lipinski definition) is 4. The molecular formula is C27H30N4O4. The van der Waals surface area contributed by atoms with Crippen LogP contribution in [0.5, 0.6) is 23.3 Å². The predicted molar refractivity (Wildman–Crippen MR) is 134 cm³/mol. The first-order valence-electron chi connectivity index (χ1n) is 11.5. The van der Waals surface area contributed by atoms with Crippen molar-refractivity contribution in [3.8, 4) is 34.6 Å². The minimum absolute atomic E-state index is 0.0205. The summed E-state index contributed by atoms with van der Waals surface area (Å²) in [5.41, 5.74) is 4.30. The minimum atomic E-state index is -0.248. The third kappa shape index (κ3) is 5.55. The molecule has 0 aliphatic rings. The highest BCUT2D eigenvalue weighted by molar-refractivity contribution is 5.68. The molecule has 0 aliphatic heterocycles. The average molecular weight is 475 g/mol. The predicted octanol–water partition coefficient (Wildman–Crippen LogP) is 4.53. The lowest BCUT2D eigenvalue weighted by molar-refractivity contribution is 0.404. The highest BCUT2D eigenvalue weighted by Gasteiger charge is 2.20. The molecule has 0 spiro atoms. The van der Waals surface area contributed by atoms with Gasteiger partial charge in [0.15, 0.2) is 5.82 Å². The smallest absolute Gasteiger partial charge is 0.315 e. The number of ether oxygens (including phenoxy) is 1. The van der Waals surface area contributed by atoms with Crippen LogP contribution < -0.4 is 10.1 Å². The fourth-order valence-corrected chi connectivity index (χ4v) is 3.95. The Hall–Kier alpha value is -4.04. The van der Waals surface area contributed by atoms with Crippen LogP contribution in [0.4, 0.5) is 0 Å². The van der Waals surface area contributed by atoms with Gasteiger partial charge in [0.25, 0.3) is 0 Å². The first-order chi connectivity index (χ1) is 16.9. The van der Waals surface area contributed by atoms with Gasteiger partial charge >= 0.3 is 6.01 Å². The van der Waals surface area contributed by atoms with Crippen molar-refractivity contribution in [3.05, 3.63) is 82.9 Å². The molecule has 35 heavy (non-hydrogen) atoms. The molecule has 8 nitrogen and oxygen atoms in total. The molecule has 4 rings (SSSR count). The van der Waals surface area contributed by atoms with Crippen molar-refractivity contribution in [1.82, 2.24) is 20.1 Å². The van der Waals surface area contributed by atoms with E-state index >= 15 is 0 Å².